The van der Waals surface area contributed by atoms with Crippen LogP contribution in [0.3, 0.4) is 0 Å². The summed E-state index contributed by atoms with van der Waals surface area (Å²) in [6.45, 7) is 10.3. The Hall–Kier alpha value is -1.83. The first-order chi connectivity index (χ1) is 10.4. The summed E-state index contributed by atoms with van der Waals surface area (Å²) in [7, 11) is 0. The Morgan fingerprint density at radius 1 is 1.04 bits per heavy atom. The van der Waals surface area contributed by atoms with Crippen LogP contribution in [0.25, 0.3) is 0 Å². The van der Waals surface area contributed by atoms with Gasteiger partial charge in [-0.2, -0.15) is 4.90 Å². The fraction of sp³-hybridized carbons (Fsp3) is 0.600. The highest BCUT2D eigenvalue weighted by Gasteiger charge is 2.33. The molecule has 0 radical (unpaired) electrons. The summed E-state index contributed by atoms with van der Waals surface area (Å²) in [5.74, 6) is 0.104. The lowest BCUT2D eigenvalue weighted by Gasteiger charge is -2.28. The molecule has 0 atom stereocenters. The summed E-state index contributed by atoms with van der Waals surface area (Å²) in [5, 5.41) is 0.430. The summed E-state index contributed by atoms with van der Waals surface area (Å²) >= 11 is 1.30. The lowest BCUT2D eigenvalue weighted by atomic mass is 10.2. The van der Waals surface area contributed by atoms with Crippen molar-refractivity contribution in [2.24, 2.45) is 0 Å². The maximum Gasteiger partial charge on any atom is 0.425 e. The van der Waals surface area contributed by atoms with Crippen molar-refractivity contribution in [1.82, 2.24) is 9.97 Å². The quantitative estimate of drug-likeness (QED) is 0.596. The maximum atomic E-state index is 12.4. The molecule has 0 fully saturated rings. The lowest BCUT2D eigenvalue weighted by molar-refractivity contribution is 0.0429. The van der Waals surface area contributed by atoms with E-state index in [1.807, 2.05) is 0 Å². The molecule has 1 aromatic rings. The minimum atomic E-state index is -0.850. The second-order valence-electron chi connectivity index (χ2n) is 6.70. The van der Waals surface area contributed by atoms with Crippen LogP contribution < -0.4 is 4.90 Å². The fourth-order valence-corrected chi connectivity index (χ4v) is 1.78. The predicted octanol–water partition coefficient (Wildman–Crippen LogP) is 3.88. The zero-order valence-electron chi connectivity index (χ0n) is 14.5. The van der Waals surface area contributed by atoms with E-state index in [1.165, 1.54) is 24.0 Å². The van der Waals surface area contributed by atoms with Crippen molar-refractivity contribution in [3.05, 3.63) is 12.3 Å². The molecule has 8 heteroatoms. The van der Waals surface area contributed by atoms with Crippen molar-refractivity contribution < 1.29 is 19.1 Å². The lowest BCUT2D eigenvalue weighted by Crippen LogP contribution is -2.44. The summed E-state index contributed by atoms with van der Waals surface area (Å²) < 4.78 is 10.6. The number of carbonyl (C=O) groups excluding carboxylic acids is 2. The van der Waals surface area contributed by atoms with Crippen LogP contribution in [0.1, 0.15) is 41.5 Å². The summed E-state index contributed by atoms with van der Waals surface area (Å²) in [6, 6.07) is 1.45. The zero-order chi connectivity index (χ0) is 17.8. The molecule has 1 heterocycles. The molecule has 128 valence electrons. The molecular weight excluding hydrogens is 318 g/mol. The third-order valence-corrected chi connectivity index (χ3v) is 2.74. The molecule has 7 nitrogen and oxygen atoms in total. The minimum absolute atomic E-state index is 0.104. The Balaban J connectivity index is 3.19. The molecule has 0 aliphatic heterocycles. The van der Waals surface area contributed by atoms with Gasteiger partial charge in [0.05, 0.1) is 0 Å². The molecule has 2 amide bonds. The van der Waals surface area contributed by atoms with Gasteiger partial charge in [-0.05, 0) is 47.8 Å². The number of hydrogen-bond donors (Lipinski definition) is 0. The van der Waals surface area contributed by atoms with E-state index in [0.29, 0.717) is 5.16 Å². The number of hydrogen-bond acceptors (Lipinski definition) is 7. The number of rotatable bonds is 2. The van der Waals surface area contributed by atoms with Gasteiger partial charge in [0, 0.05) is 12.3 Å². The Labute approximate surface area is 140 Å². The van der Waals surface area contributed by atoms with Crippen molar-refractivity contribution >= 4 is 29.8 Å². The number of aromatic nitrogens is 2. The van der Waals surface area contributed by atoms with Gasteiger partial charge in [0.15, 0.2) is 11.0 Å². The number of ether oxygens (including phenoxy) is 2. The number of thioether (sulfide) groups is 1. The topological polar surface area (TPSA) is 81.6 Å². The van der Waals surface area contributed by atoms with Gasteiger partial charge in [-0.25, -0.2) is 19.6 Å². The number of carbonyl (C=O) groups is 2. The van der Waals surface area contributed by atoms with Crippen molar-refractivity contribution in [2.75, 3.05) is 11.2 Å². The van der Waals surface area contributed by atoms with E-state index in [1.54, 1.807) is 47.8 Å². The Bertz CT molecular complexity index is 551. The smallest absolute Gasteiger partial charge is 0.425 e. The Morgan fingerprint density at radius 3 is 1.91 bits per heavy atom. The van der Waals surface area contributed by atoms with Crippen LogP contribution in [-0.4, -0.2) is 39.6 Å². The van der Waals surface area contributed by atoms with Gasteiger partial charge in [0.1, 0.15) is 11.2 Å². The van der Waals surface area contributed by atoms with Gasteiger partial charge in [0.2, 0.25) is 0 Å². The van der Waals surface area contributed by atoms with E-state index >= 15 is 0 Å². The second kappa shape index (κ2) is 7.16. The van der Waals surface area contributed by atoms with Crippen LogP contribution in [0.2, 0.25) is 0 Å². The normalized spacial score (nSPS) is 11.8. The van der Waals surface area contributed by atoms with Crippen LogP contribution >= 0.6 is 11.8 Å². The van der Waals surface area contributed by atoms with Gasteiger partial charge in [-0.3, -0.25) is 0 Å². The average molecular weight is 341 g/mol. The van der Waals surface area contributed by atoms with E-state index in [4.69, 9.17) is 9.47 Å². The molecule has 0 saturated heterocycles. The highest BCUT2D eigenvalue weighted by Crippen LogP contribution is 2.21. The van der Waals surface area contributed by atoms with E-state index in [9.17, 15) is 9.59 Å². The summed E-state index contributed by atoms with van der Waals surface area (Å²) in [6.07, 6.45) is 1.57. The third-order valence-electron chi connectivity index (χ3n) is 2.18. The van der Waals surface area contributed by atoms with Crippen molar-refractivity contribution in [2.45, 2.75) is 57.9 Å². The number of imide groups is 1. The summed E-state index contributed by atoms with van der Waals surface area (Å²) in [4.78, 5) is 33.8. The Kier molecular flexibility index (Phi) is 5.98. The standard InChI is InChI=1S/C15H23N3O4S/c1-14(2,3)21-12(19)18(13(20)22-15(4,5)6)10-8-9-16-11(17-10)23-7/h8-9H,1-7H3. The summed E-state index contributed by atoms with van der Waals surface area (Å²) in [5.41, 5.74) is -1.51. The van der Waals surface area contributed by atoms with E-state index < -0.39 is 23.4 Å². The number of nitrogens with zero attached hydrogens (tertiary/aromatic N) is 3. The van der Waals surface area contributed by atoms with Crippen molar-refractivity contribution in [3.63, 3.8) is 0 Å². The minimum Gasteiger partial charge on any atom is -0.443 e. The molecule has 1 aromatic heterocycles. The monoisotopic (exact) mass is 341 g/mol. The van der Waals surface area contributed by atoms with Crippen molar-refractivity contribution in [1.29, 1.82) is 0 Å². The molecule has 0 aliphatic carbocycles. The van der Waals surface area contributed by atoms with Gasteiger partial charge in [-0.1, -0.05) is 11.8 Å². The third kappa shape index (κ3) is 6.43. The SMILES string of the molecule is CSc1nccc(N(C(=O)OC(C)(C)C)C(=O)OC(C)(C)C)n1. The molecule has 23 heavy (non-hydrogen) atoms. The van der Waals surface area contributed by atoms with E-state index in [2.05, 4.69) is 9.97 Å². The molecule has 0 aromatic carbocycles. The molecule has 1 rings (SSSR count). The molecule has 0 bridgehead atoms. The predicted molar refractivity (Wildman–Crippen MR) is 88.8 cm³/mol. The molecule has 0 N–H and O–H groups in total. The first-order valence-electron chi connectivity index (χ1n) is 7.06. The molecule has 0 aliphatic rings. The highest BCUT2D eigenvalue weighted by molar-refractivity contribution is 7.98. The number of amides is 2. The first kappa shape index (κ1) is 19.2. The van der Waals surface area contributed by atoms with Crippen LogP contribution in [0.15, 0.2) is 17.4 Å². The van der Waals surface area contributed by atoms with Crippen molar-refractivity contribution in [3.8, 4) is 0 Å². The van der Waals surface area contributed by atoms with Gasteiger partial charge < -0.3 is 9.47 Å². The first-order valence-corrected chi connectivity index (χ1v) is 8.28. The van der Waals surface area contributed by atoms with Crippen LogP contribution in [0.5, 0.6) is 0 Å². The second-order valence-corrected chi connectivity index (χ2v) is 7.47. The highest BCUT2D eigenvalue weighted by atomic mass is 32.2. The average Bonchev–Trinajstić information content (AvgIpc) is 2.34. The van der Waals surface area contributed by atoms with Gasteiger partial charge in [-0.15, -0.1) is 0 Å². The maximum absolute atomic E-state index is 12.4. The van der Waals surface area contributed by atoms with E-state index in [0.717, 1.165) is 4.90 Å². The molecular formula is C15H23N3O4S. The molecule has 0 unspecified atom stereocenters. The number of anilines is 1. The van der Waals surface area contributed by atoms with Gasteiger partial charge >= 0.3 is 12.2 Å². The molecule has 0 saturated carbocycles. The Morgan fingerprint density at radius 2 is 1.52 bits per heavy atom. The van der Waals surface area contributed by atoms with Crippen LogP contribution in [0, 0.1) is 0 Å². The van der Waals surface area contributed by atoms with Gasteiger partial charge in [0.25, 0.3) is 0 Å². The van der Waals surface area contributed by atoms with Crippen LogP contribution in [0.4, 0.5) is 15.4 Å². The van der Waals surface area contributed by atoms with Crippen LogP contribution in [-0.2, 0) is 9.47 Å². The largest absolute Gasteiger partial charge is 0.443 e. The zero-order valence-corrected chi connectivity index (χ0v) is 15.4. The van der Waals surface area contributed by atoms with E-state index in [-0.39, 0.29) is 5.82 Å². The fourth-order valence-electron chi connectivity index (χ4n) is 1.43. The molecule has 0 spiro atoms.